The summed E-state index contributed by atoms with van der Waals surface area (Å²) in [7, 11) is -4.16. The lowest BCUT2D eigenvalue weighted by Crippen LogP contribution is -2.14. The van der Waals surface area contributed by atoms with Gasteiger partial charge in [-0.25, -0.2) is 8.42 Å². The van der Waals surface area contributed by atoms with E-state index in [0.29, 0.717) is 11.6 Å². The number of ketones is 1. The molecule has 0 heterocycles. The van der Waals surface area contributed by atoms with Gasteiger partial charge in [-0.15, -0.1) is 0 Å². The van der Waals surface area contributed by atoms with Crippen LogP contribution in [-0.2, 0) is 16.2 Å². The molecule has 0 saturated carbocycles. The SMILES string of the molecule is CC(=O)c1ccc(NS(=O)(=O)c2cccc(C(F)(F)F)c2)cc1. The number of Topliss-reactive ketones (excluding diaryl/α,β-unsaturated/α-hetero) is 1. The first-order valence-corrected chi connectivity index (χ1v) is 7.89. The number of sulfonamides is 1. The highest BCUT2D eigenvalue weighted by Crippen LogP contribution is 2.30. The van der Waals surface area contributed by atoms with Gasteiger partial charge in [-0.05, 0) is 49.4 Å². The molecule has 2 aromatic rings. The molecule has 0 saturated heterocycles. The lowest BCUT2D eigenvalue weighted by molar-refractivity contribution is -0.137. The molecule has 2 rings (SSSR count). The zero-order chi connectivity index (χ0) is 17.3. The topological polar surface area (TPSA) is 63.2 Å². The first-order valence-electron chi connectivity index (χ1n) is 6.41. The number of hydrogen-bond acceptors (Lipinski definition) is 3. The molecule has 0 aliphatic carbocycles. The molecule has 0 fully saturated rings. The second-order valence-corrected chi connectivity index (χ2v) is 6.45. The van der Waals surface area contributed by atoms with Gasteiger partial charge in [0.15, 0.2) is 5.78 Å². The number of rotatable bonds is 4. The van der Waals surface area contributed by atoms with Crippen molar-refractivity contribution in [2.45, 2.75) is 18.0 Å². The summed E-state index contributed by atoms with van der Waals surface area (Å²) in [6, 6.07) is 9.02. The van der Waals surface area contributed by atoms with Crippen LogP contribution in [0.4, 0.5) is 18.9 Å². The zero-order valence-electron chi connectivity index (χ0n) is 11.9. The third kappa shape index (κ3) is 4.10. The summed E-state index contributed by atoms with van der Waals surface area (Å²) >= 11 is 0. The van der Waals surface area contributed by atoms with Crippen LogP contribution in [0, 0.1) is 0 Å². The van der Waals surface area contributed by atoms with E-state index < -0.39 is 26.7 Å². The van der Waals surface area contributed by atoms with Crippen LogP contribution in [0.5, 0.6) is 0 Å². The predicted octanol–water partition coefficient (Wildman–Crippen LogP) is 3.71. The van der Waals surface area contributed by atoms with Crippen molar-refractivity contribution in [3.63, 3.8) is 0 Å². The highest BCUT2D eigenvalue weighted by molar-refractivity contribution is 7.92. The third-order valence-electron chi connectivity index (χ3n) is 3.02. The summed E-state index contributed by atoms with van der Waals surface area (Å²) in [5.74, 6) is -0.183. The van der Waals surface area contributed by atoms with E-state index in [1.165, 1.54) is 31.2 Å². The van der Waals surface area contributed by atoms with Crippen LogP contribution in [0.25, 0.3) is 0 Å². The van der Waals surface area contributed by atoms with E-state index in [-0.39, 0.29) is 11.5 Å². The molecule has 0 aliphatic heterocycles. The van der Waals surface area contributed by atoms with E-state index in [1.54, 1.807) is 0 Å². The Labute approximate surface area is 131 Å². The standard InChI is InChI=1S/C15H12F3NO3S/c1-10(20)11-5-7-13(8-6-11)19-23(21,22)14-4-2-3-12(9-14)15(16,17)18/h2-9,19H,1H3. The average molecular weight is 343 g/mol. The maximum absolute atomic E-state index is 12.7. The number of hydrogen-bond donors (Lipinski definition) is 1. The van der Waals surface area contributed by atoms with Crippen LogP contribution in [0.2, 0.25) is 0 Å². The Balaban J connectivity index is 2.30. The minimum atomic E-state index is -4.63. The molecule has 0 atom stereocenters. The number of alkyl halides is 3. The van der Waals surface area contributed by atoms with Gasteiger partial charge in [0.2, 0.25) is 0 Å². The molecular weight excluding hydrogens is 331 g/mol. The lowest BCUT2D eigenvalue weighted by atomic mass is 10.1. The van der Waals surface area contributed by atoms with Gasteiger partial charge >= 0.3 is 6.18 Å². The molecular formula is C15H12F3NO3S. The average Bonchev–Trinajstić information content (AvgIpc) is 2.46. The van der Waals surface area contributed by atoms with Gasteiger partial charge in [0.05, 0.1) is 10.5 Å². The molecule has 2 aromatic carbocycles. The van der Waals surface area contributed by atoms with Crippen molar-refractivity contribution >= 4 is 21.5 Å². The highest BCUT2D eigenvalue weighted by Gasteiger charge is 2.31. The van der Waals surface area contributed by atoms with Crippen LogP contribution in [0.3, 0.4) is 0 Å². The van der Waals surface area contributed by atoms with Crippen molar-refractivity contribution in [3.8, 4) is 0 Å². The molecule has 0 amide bonds. The molecule has 8 heteroatoms. The molecule has 0 aliphatic rings. The summed E-state index contributed by atoms with van der Waals surface area (Å²) in [6.07, 6.45) is -4.63. The Hall–Kier alpha value is -2.35. The van der Waals surface area contributed by atoms with Gasteiger partial charge in [-0.1, -0.05) is 6.07 Å². The molecule has 0 spiro atoms. The van der Waals surface area contributed by atoms with Crippen molar-refractivity contribution < 1.29 is 26.4 Å². The first kappa shape index (κ1) is 17.0. The van der Waals surface area contributed by atoms with Crippen LogP contribution in [-0.4, -0.2) is 14.2 Å². The highest BCUT2D eigenvalue weighted by atomic mass is 32.2. The second-order valence-electron chi connectivity index (χ2n) is 4.76. The van der Waals surface area contributed by atoms with Crippen molar-refractivity contribution in [2.24, 2.45) is 0 Å². The summed E-state index contributed by atoms with van der Waals surface area (Å²) in [5.41, 5.74) is -0.508. The third-order valence-corrected chi connectivity index (χ3v) is 4.39. The molecule has 122 valence electrons. The van der Waals surface area contributed by atoms with E-state index in [1.807, 2.05) is 0 Å². The second kappa shape index (κ2) is 6.04. The van der Waals surface area contributed by atoms with Crippen LogP contribution < -0.4 is 4.72 Å². The quantitative estimate of drug-likeness (QED) is 0.861. The number of carbonyl (C=O) groups excluding carboxylic acids is 1. The fourth-order valence-corrected chi connectivity index (χ4v) is 2.93. The fourth-order valence-electron chi connectivity index (χ4n) is 1.83. The Morgan fingerprint density at radius 3 is 2.17 bits per heavy atom. The molecule has 0 aromatic heterocycles. The number of carbonyl (C=O) groups is 1. The maximum Gasteiger partial charge on any atom is 0.416 e. The Morgan fingerprint density at radius 1 is 1.04 bits per heavy atom. The lowest BCUT2D eigenvalue weighted by Gasteiger charge is -2.11. The maximum atomic E-state index is 12.7. The van der Waals surface area contributed by atoms with Crippen LogP contribution in [0.15, 0.2) is 53.4 Å². The van der Waals surface area contributed by atoms with E-state index in [9.17, 15) is 26.4 Å². The summed E-state index contributed by atoms with van der Waals surface area (Å²) in [5, 5.41) is 0. The smallest absolute Gasteiger partial charge is 0.295 e. The molecule has 1 N–H and O–H groups in total. The van der Waals surface area contributed by atoms with E-state index in [4.69, 9.17) is 0 Å². The molecule has 0 bridgehead atoms. The van der Waals surface area contributed by atoms with Gasteiger partial charge in [-0.3, -0.25) is 9.52 Å². The van der Waals surface area contributed by atoms with E-state index in [0.717, 1.165) is 18.2 Å². The molecule has 4 nitrogen and oxygen atoms in total. The van der Waals surface area contributed by atoms with E-state index in [2.05, 4.69) is 4.72 Å². The monoisotopic (exact) mass is 343 g/mol. The van der Waals surface area contributed by atoms with Crippen molar-refractivity contribution in [1.82, 2.24) is 0 Å². The Bertz CT molecular complexity index is 828. The molecule has 0 unspecified atom stereocenters. The molecule has 23 heavy (non-hydrogen) atoms. The minimum Gasteiger partial charge on any atom is -0.295 e. The summed E-state index contributed by atoms with van der Waals surface area (Å²) < 4.78 is 64.4. The van der Waals surface area contributed by atoms with Gasteiger partial charge in [0, 0.05) is 11.3 Å². The summed E-state index contributed by atoms with van der Waals surface area (Å²) in [6.45, 7) is 1.36. The number of nitrogens with one attached hydrogen (secondary N) is 1. The predicted molar refractivity (Wildman–Crippen MR) is 78.7 cm³/mol. The first-order chi connectivity index (χ1) is 10.6. The number of halogens is 3. The van der Waals surface area contributed by atoms with E-state index >= 15 is 0 Å². The van der Waals surface area contributed by atoms with Crippen molar-refractivity contribution in [2.75, 3.05) is 4.72 Å². The van der Waals surface area contributed by atoms with Crippen molar-refractivity contribution in [3.05, 3.63) is 59.7 Å². The van der Waals surface area contributed by atoms with Gasteiger partial charge in [0.1, 0.15) is 0 Å². The fraction of sp³-hybridized carbons (Fsp3) is 0.133. The Morgan fingerprint density at radius 2 is 1.65 bits per heavy atom. The normalized spacial score (nSPS) is 12.0. The zero-order valence-corrected chi connectivity index (χ0v) is 12.7. The largest absolute Gasteiger partial charge is 0.416 e. The van der Waals surface area contributed by atoms with Gasteiger partial charge in [-0.2, -0.15) is 13.2 Å². The minimum absolute atomic E-state index is 0.146. The number of benzene rings is 2. The van der Waals surface area contributed by atoms with Gasteiger partial charge in [0.25, 0.3) is 10.0 Å². The van der Waals surface area contributed by atoms with Crippen LogP contribution >= 0.6 is 0 Å². The Kier molecular flexibility index (Phi) is 4.46. The van der Waals surface area contributed by atoms with Crippen LogP contribution in [0.1, 0.15) is 22.8 Å². The summed E-state index contributed by atoms with van der Waals surface area (Å²) in [4.78, 5) is 10.7. The van der Waals surface area contributed by atoms with Gasteiger partial charge < -0.3 is 0 Å². The van der Waals surface area contributed by atoms with Crippen molar-refractivity contribution in [1.29, 1.82) is 0 Å². The molecule has 0 radical (unpaired) electrons. The number of anilines is 1.